The van der Waals surface area contributed by atoms with Crippen LogP contribution < -0.4 is 10.1 Å². The lowest BCUT2D eigenvalue weighted by molar-refractivity contribution is -0.117. The molecule has 0 unspecified atom stereocenters. The highest BCUT2D eigenvalue weighted by Gasteiger charge is 2.14. The first kappa shape index (κ1) is 21.2. The number of amides is 1. The average Bonchev–Trinajstić information content (AvgIpc) is 2.78. The van der Waals surface area contributed by atoms with E-state index in [1.54, 1.807) is 24.3 Å². The molecule has 1 N–H and O–H groups in total. The van der Waals surface area contributed by atoms with Gasteiger partial charge in [-0.15, -0.1) is 0 Å². The summed E-state index contributed by atoms with van der Waals surface area (Å²) in [6.45, 7) is 2.23. The second-order valence-corrected chi connectivity index (χ2v) is 7.17. The van der Waals surface area contributed by atoms with E-state index in [4.69, 9.17) is 16.3 Å². The minimum absolute atomic E-state index is 0.0142. The Morgan fingerprint density at radius 1 is 1.07 bits per heavy atom. The van der Waals surface area contributed by atoms with Gasteiger partial charge in [0.2, 0.25) is 0 Å². The molecule has 0 heterocycles. The molecule has 0 radical (unpaired) electrons. The molecule has 150 valence electrons. The molecule has 4 nitrogen and oxygen atoms in total. The number of carbonyl (C=O) groups excluding carboxylic acids is 1. The Bertz CT molecular complexity index is 1070. The molecule has 0 aromatic heterocycles. The minimum Gasteiger partial charge on any atom is -0.488 e. The molecular formula is C25H21ClN2O2. The van der Waals surface area contributed by atoms with Gasteiger partial charge in [-0.3, -0.25) is 4.79 Å². The van der Waals surface area contributed by atoms with Gasteiger partial charge in [-0.05, 0) is 42.3 Å². The number of hydrogen-bond acceptors (Lipinski definition) is 3. The quantitative estimate of drug-likeness (QED) is 0.396. The van der Waals surface area contributed by atoms with E-state index in [0.29, 0.717) is 22.9 Å². The lowest BCUT2D eigenvalue weighted by Gasteiger charge is -2.14. The first-order valence-electron chi connectivity index (χ1n) is 9.50. The smallest absolute Gasteiger partial charge is 0.262 e. The summed E-state index contributed by atoms with van der Waals surface area (Å²) in [5, 5.41) is 13.1. The molecule has 0 aliphatic rings. The monoisotopic (exact) mass is 416 g/mol. The molecule has 0 saturated heterocycles. The number of rotatable bonds is 7. The number of halogens is 1. The Kier molecular flexibility index (Phi) is 7.26. The third kappa shape index (κ3) is 5.73. The Morgan fingerprint density at radius 3 is 2.43 bits per heavy atom. The molecule has 3 rings (SSSR count). The molecule has 3 aromatic rings. The van der Waals surface area contributed by atoms with E-state index >= 15 is 0 Å². The van der Waals surface area contributed by atoms with Crippen molar-refractivity contribution < 1.29 is 9.53 Å². The highest BCUT2D eigenvalue weighted by atomic mass is 35.5. The number of nitrogens with one attached hydrogen (secondary N) is 1. The van der Waals surface area contributed by atoms with Gasteiger partial charge in [-0.1, -0.05) is 72.3 Å². The third-order valence-electron chi connectivity index (χ3n) is 4.54. The number of ether oxygens (including phenoxy) is 1. The van der Waals surface area contributed by atoms with E-state index in [1.807, 2.05) is 73.7 Å². The van der Waals surface area contributed by atoms with E-state index in [1.165, 1.54) is 0 Å². The van der Waals surface area contributed by atoms with Crippen LogP contribution in [-0.2, 0) is 11.4 Å². The highest BCUT2D eigenvalue weighted by Crippen LogP contribution is 2.23. The summed E-state index contributed by atoms with van der Waals surface area (Å²) < 4.78 is 5.91. The summed E-state index contributed by atoms with van der Waals surface area (Å²) in [4.78, 5) is 12.6. The van der Waals surface area contributed by atoms with Crippen LogP contribution in [-0.4, -0.2) is 5.91 Å². The van der Waals surface area contributed by atoms with Gasteiger partial charge in [-0.2, -0.15) is 5.26 Å². The largest absolute Gasteiger partial charge is 0.488 e. The standard InChI is InChI=1S/C25H21ClN2O2/c1-18(20-7-3-2-4-8-20)28-25(29)22(16-27)15-21-9-5-6-10-24(21)30-17-19-11-13-23(26)14-12-19/h2-15,18H,17H2,1H3,(H,28,29)/b22-15-/t18-/m1/s1. The second-order valence-electron chi connectivity index (χ2n) is 6.73. The fraction of sp³-hybridized carbons (Fsp3) is 0.120. The SMILES string of the molecule is C[C@@H](NC(=O)/C(C#N)=C\c1ccccc1OCc1ccc(Cl)cc1)c1ccccc1. The van der Waals surface area contributed by atoms with Gasteiger partial charge in [0.05, 0.1) is 6.04 Å². The van der Waals surface area contributed by atoms with Crippen molar-refractivity contribution in [1.29, 1.82) is 5.26 Å². The van der Waals surface area contributed by atoms with E-state index in [2.05, 4.69) is 5.32 Å². The number of para-hydroxylation sites is 1. The Balaban J connectivity index is 1.74. The third-order valence-corrected chi connectivity index (χ3v) is 4.79. The van der Waals surface area contributed by atoms with Gasteiger partial charge < -0.3 is 10.1 Å². The summed E-state index contributed by atoms with van der Waals surface area (Å²) in [6.07, 6.45) is 1.55. The Hall–Kier alpha value is -3.55. The van der Waals surface area contributed by atoms with Crippen molar-refractivity contribution in [2.75, 3.05) is 0 Å². The van der Waals surface area contributed by atoms with Gasteiger partial charge in [0.15, 0.2) is 0 Å². The Labute approximate surface area is 181 Å². The average molecular weight is 417 g/mol. The molecule has 0 aliphatic heterocycles. The van der Waals surface area contributed by atoms with Crippen LogP contribution in [0.5, 0.6) is 5.75 Å². The van der Waals surface area contributed by atoms with Crippen molar-refractivity contribution in [3.8, 4) is 11.8 Å². The first-order valence-corrected chi connectivity index (χ1v) is 9.88. The molecule has 0 saturated carbocycles. The fourth-order valence-electron chi connectivity index (χ4n) is 2.88. The summed E-state index contributed by atoms with van der Waals surface area (Å²) >= 11 is 5.91. The summed E-state index contributed by atoms with van der Waals surface area (Å²) in [5.74, 6) is 0.158. The summed E-state index contributed by atoms with van der Waals surface area (Å²) in [7, 11) is 0. The number of hydrogen-bond donors (Lipinski definition) is 1. The highest BCUT2D eigenvalue weighted by molar-refractivity contribution is 6.30. The topological polar surface area (TPSA) is 62.1 Å². The maximum atomic E-state index is 12.6. The van der Waals surface area contributed by atoms with Crippen molar-refractivity contribution in [2.24, 2.45) is 0 Å². The van der Waals surface area contributed by atoms with E-state index in [-0.39, 0.29) is 11.6 Å². The van der Waals surface area contributed by atoms with Crippen LogP contribution in [0.15, 0.2) is 84.4 Å². The van der Waals surface area contributed by atoms with E-state index in [0.717, 1.165) is 11.1 Å². The molecule has 0 aliphatic carbocycles. The molecular weight excluding hydrogens is 396 g/mol. The lowest BCUT2D eigenvalue weighted by Crippen LogP contribution is -2.27. The summed E-state index contributed by atoms with van der Waals surface area (Å²) in [6, 6.07) is 26.1. The van der Waals surface area contributed by atoms with Crippen LogP contribution >= 0.6 is 11.6 Å². The number of nitriles is 1. The van der Waals surface area contributed by atoms with Crippen LogP contribution in [0.2, 0.25) is 5.02 Å². The molecule has 30 heavy (non-hydrogen) atoms. The molecule has 5 heteroatoms. The zero-order valence-electron chi connectivity index (χ0n) is 16.5. The van der Waals surface area contributed by atoms with Crippen LogP contribution in [0.25, 0.3) is 6.08 Å². The van der Waals surface area contributed by atoms with E-state index < -0.39 is 5.91 Å². The molecule has 1 amide bonds. The molecule has 0 fully saturated rings. The van der Waals surface area contributed by atoms with E-state index in [9.17, 15) is 10.1 Å². The van der Waals surface area contributed by atoms with Gasteiger partial charge in [0, 0.05) is 10.6 Å². The van der Waals surface area contributed by atoms with Crippen LogP contribution in [0.3, 0.4) is 0 Å². The zero-order chi connectivity index (χ0) is 21.3. The van der Waals surface area contributed by atoms with Crippen molar-refractivity contribution in [1.82, 2.24) is 5.32 Å². The van der Waals surface area contributed by atoms with Crippen LogP contribution in [0.4, 0.5) is 0 Å². The molecule has 1 atom stereocenters. The molecule has 0 spiro atoms. The van der Waals surface area contributed by atoms with Crippen molar-refractivity contribution in [3.63, 3.8) is 0 Å². The van der Waals surface area contributed by atoms with Gasteiger partial charge in [0.1, 0.15) is 24.0 Å². The number of benzene rings is 3. The molecule has 3 aromatic carbocycles. The van der Waals surface area contributed by atoms with Crippen LogP contribution in [0, 0.1) is 11.3 Å². The zero-order valence-corrected chi connectivity index (χ0v) is 17.3. The second kappa shape index (κ2) is 10.3. The predicted molar refractivity (Wildman–Crippen MR) is 119 cm³/mol. The Morgan fingerprint density at radius 2 is 1.73 bits per heavy atom. The van der Waals surface area contributed by atoms with Gasteiger partial charge in [-0.25, -0.2) is 0 Å². The predicted octanol–water partition coefficient (Wildman–Crippen LogP) is 5.70. The normalized spacial score (nSPS) is 12.0. The van der Waals surface area contributed by atoms with Crippen molar-refractivity contribution in [3.05, 3.63) is 106 Å². The van der Waals surface area contributed by atoms with Crippen LogP contribution in [0.1, 0.15) is 29.7 Å². The molecule has 0 bridgehead atoms. The lowest BCUT2D eigenvalue weighted by atomic mass is 10.1. The van der Waals surface area contributed by atoms with Gasteiger partial charge >= 0.3 is 0 Å². The van der Waals surface area contributed by atoms with Gasteiger partial charge in [0.25, 0.3) is 5.91 Å². The van der Waals surface area contributed by atoms with Crippen molar-refractivity contribution in [2.45, 2.75) is 19.6 Å². The number of nitrogens with zero attached hydrogens (tertiary/aromatic N) is 1. The number of carbonyl (C=O) groups is 1. The maximum absolute atomic E-state index is 12.6. The summed E-state index contributed by atoms with van der Waals surface area (Å²) in [5.41, 5.74) is 2.61. The maximum Gasteiger partial charge on any atom is 0.262 e. The van der Waals surface area contributed by atoms with Crippen molar-refractivity contribution >= 4 is 23.6 Å². The minimum atomic E-state index is -0.429. The first-order chi connectivity index (χ1) is 14.6. The fourth-order valence-corrected chi connectivity index (χ4v) is 3.00.